The van der Waals surface area contributed by atoms with Gasteiger partial charge < -0.3 is 8.85 Å². The average molecular weight is 265 g/mol. The molecule has 2 nitrogen and oxygen atoms in total. The van der Waals surface area contributed by atoms with Gasteiger partial charge in [-0.15, -0.1) is 0 Å². The van der Waals surface area contributed by atoms with Gasteiger partial charge in [-0.25, -0.2) is 0 Å². The fraction of sp³-hybridized carbons (Fsp3) is 0.385. The summed E-state index contributed by atoms with van der Waals surface area (Å²) in [6.45, 7) is 10.7. The van der Waals surface area contributed by atoms with Crippen LogP contribution in [-0.2, 0) is 8.85 Å². The van der Waals surface area contributed by atoms with Crippen LogP contribution in [0.25, 0.3) is 5.20 Å². The van der Waals surface area contributed by atoms with Gasteiger partial charge in [0.1, 0.15) is 0 Å². The Hall–Kier alpha value is -0.686. The molecular weight excluding hydrogens is 244 g/mol. The lowest BCUT2D eigenvalue weighted by molar-refractivity contribution is 0.265. The van der Waals surface area contributed by atoms with Gasteiger partial charge in [0, 0.05) is 14.2 Å². The van der Waals surface area contributed by atoms with Crippen molar-refractivity contribution in [2.45, 2.75) is 19.6 Å². The van der Waals surface area contributed by atoms with E-state index in [9.17, 15) is 0 Å². The predicted octanol–water partition coefficient (Wildman–Crippen LogP) is 2.57. The van der Waals surface area contributed by atoms with Crippen LogP contribution in [0, 0.1) is 0 Å². The number of hydrogen-bond donors (Lipinski definition) is 0. The highest BCUT2D eigenvalue weighted by molar-refractivity contribution is 6.80. The van der Waals surface area contributed by atoms with Crippen LogP contribution in [0.5, 0.6) is 0 Å². The molecule has 0 saturated carbocycles. The smallest absolute Gasteiger partial charge is 0.368 e. The largest absolute Gasteiger partial charge is 0.394 e. The van der Waals surface area contributed by atoms with Crippen molar-refractivity contribution < 1.29 is 8.85 Å². The fourth-order valence-corrected chi connectivity index (χ4v) is 3.78. The maximum atomic E-state index is 5.56. The molecule has 0 fully saturated rings. The fourth-order valence-electron chi connectivity index (χ4n) is 1.60. The lowest BCUT2D eigenvalue weighted by Gasteiger charge is -2.24. The first kappa shape index (κ1) is 14.4. The maximum absolute atomic E-state index is 5.56. The average Bonchev–Trinajstić information content (AvgIpc) is 2.36. The molecule has 0 N–H and O–H groups in total. The lowest BCUT2D eigenvalue weighted by atomic mass is 10.2. The Bertz CT molecular complexity index is 398. The van der Waals surface area contributed by atoms with Gasteiger partial charge in [-0.1, -0.05) is 49.1 Å². The van der Waals surface area contributed by atoms with Crippen LogP contribution in [0.15, 0.2) is 30.8 Å². The highest BCUT2D eigenvalue weighted by Gasteiger charge is 2.31. The second-order valence-corrected chi connectivity index (χ2v) is 10.3. The summed E-state index contributed by atoms with van der Waals surface area (Å²) in [5, 5.41) is 2.41. The topological polar surface area (TPSA) is 18.5 Å². The summed E-state index contributed by atoms with van der Waals surface area (Å²) in [7, 11) is 0.714. The minimum absolute atomic E-state index is 0.500. The molecule has 17 heavy (non-hydrogen) atoms. The van der Waals surface area contributed by atoms with Crippen molar-refractivity contribution in [2.24, 2.45) is 0 Å². The van der Waals surface area contributed by atoms with E-state index >= 15 is 0 Å². The van der Waals surface area contributed by atoms with Gasteiger partial charge in [0.25, 0.3) is 0 Å². The second kappa shape index (κ2) is 5.77. The van der Waals surface area contributed by atoms with Crippen molar-refractivity contribution in [1.82, 2.24) is 0 Å². The van der Waals surface area contributed by atoms with Crippen LogP contribution in [-0.4, -0.2) is 31.6 Å². The Morgan fingerprint density at radius 3 is 2.29 bits per heavy atom. The van der Waals surface area contributed by atoms with Gasteiger partial charge in [0.05, 0.1) is 8.80 Å². The van der Waals surface area contributed by atoms with E-state index in [4.69, 9.17) is 8.85 Å². The van der Waals surface area contributed by atoms with Crippen molar-refractivity contribution in [1.29, 1.82) is 0 Å². The van der Waals surface area contributed by atoms with Crippen LogP contribution >= 0.6 is 0 Å². The molecule has 0 aliphatic carbocycles. The number of benzene rings is 1. The Morgan fingerprint density at radius 2 is 1.82 bits per heavy atom. The van der Waals surface area contributed by atoms with Crippen molar-refractivity contribution in [2.75, 3.05) is 14.2 Å². The van der Waals surface area contributed by atoms with E-state index in [1.165, 1.54) is 10.8 Å². The molecule has 0 bridgehead atoms. The maximum Gasteiger partial charge on any atom is 0.368 e. The van der Waals surface area contributed by atoms with E-state index in [0.717, 1.165) is 5.19 Å². The molecule has 93 valence electrons. The van der Waals surface area contributed by atoms with E-state index in [2.05, 4.69) is 50.5 Å². The Balaban J connectivity index is 3.13. The highest BCUT2D eigenvalue weighted by atomic mass is 28.4. The summed E-state index contributed by atoms with van der Waals surface area (Å²) >= 11 is 0. The highest BCUT2D eigenvalue weighted by Crippen LogP contribution is 2.16. The molecule has 0 atom stereocenters. The van der Waals surface area contributed by atoms with Crippen LogP contribution in [0.1, 0.15) is 5.56 Å². The van der Waals surface area contributed by atoms with Crippen molar-refractivity contribution in [3.8, 4) is 0 Å². The first-order chi connectivity index (χ1) is 7.94. The van der Waals surface area contributed by atoms with Crippen molar-refractivity contribution in [3.05, 3.63) is 36.4 Å². The minimum atomic E-state index is -2.22. The molecule has 1 rings (SSSR count). The molecular formula is C13H21O2Si2. The van der Waals surface area contributed by atoms with Crippen LogP contribution in [0.2, 0.25) is 19.6 Å². The van der Waals surface area contributed by atoms with Crippen molar-refractivity contribution in [3.63, 3.8) is 0 Å². The molecule has 4 heteroatoms. The van der Waals surface area contributed by atoms with E-state index in [-0.39, 0.29) is 0 Å². The lowest BCUT2D eigenvalue weighted by Crippen LogP contribution is -2.49. The van der Waals surface area contributed by atoms with E-state index < -0.39 is 17.4 Å². The van der Waals surface area contributed by atoms with Gasteiger partial charge in [0.2, 0.25) is 0 Å². The Kier molecular flexibility index (Phi) is 4.88. The monoisotopic (exact) mass is 265 g/mol. The minimum Gasteiger partial charge on any atom is -0.394 e. The standard InChI is InChI=1S/C13H21O2Si2/c1-11(16(4)5)12-8-7-9-13(10-12)17(6,14-2)15-3/h7-10H,1H2,2-6H3. The molecule has 0 aliphatic rings. The molecule has 0 heterocycles. The second-order valence-electron chi connectivity index (χ2n) is 4.41. The number of hydrogen-bond acceptors (Lipinski definition) is 2. The Morgan fingerprint density at radius 1 is 1.24 bits per heavy atom. The first-order valence-corrected chi connectivity index (χ1v) is 10.5. The molecule has 0 spiro atoms. The summed E-state index contributed by atoms with van der Waals surface area (Å²) in [4.78, 5) is 0. The third kappa shape index (κ3) is 3.16. The zero-order valence-corrected chi connectivity index (χ0v) is 13.3. The third-order valence-electron chi connectivity index (χ3n) is 3.12. The summed E-state index contributed by atoms with van der Waals surface area (Å²) in [5.74, 6) is 0. The van der Waals surface area contributed by atoms with Gasteiger partial charge in [0.15, 0.2) is 0 Å². The van der Waals surface area contributed by atoms with E-state index in [0.29, 0.717) is 0 Å². The Labute approximate surface area is 107 Å². The predicted molar refractivity (Wildman–Crippen MR) is 78.2 cm³/mol. The molecule has 0 saturated heterocycles. The summed E-state index contributed by atoms with van der Waals surface area (Å²) in [6.07, 6.45) is 0. The molecule has 1 radical (unpaired) electrons. The van der Waals surface area contributed by atoms with Crippen LogP contribution < -0.4 is 5.19 Å². The van der Waals surface area contributed by atoms with E-state index in [1.807, 2.05) is 0 Å². The van der Waals surface area contributed by atoms with Gasteiger partial charge in [-0.05, 0) is 17.3 Å². The summed E-state index contributed by atoms with van der Waals surface area (Å²) in [5.41, 5.74) is 1.22. The summed E-state index contributed by atoms with van der Waals surface area (Å²) < 4.78 is 11.1. The first-order valence-electron chi connectivity index (χ1n) is 5.65. The van der Waals surface area contributed by atoms with Gasteiger partial charge >= 0.3 is 8.56 Å². The molecule has 0 aliphatic heterocycles. The van der Waals surface area contributed by atoms with Crippen LogP contribution in [0.4, 0.5) is 0 Å². The molecule has 0 unspecified atom stereocenters. The van der Waals surface area contributed by atoms with Gasteiger partial charge in [-0.2, -0.15) is 0 Å². The van der Waals surface area contributed by atoms with Crippen molar-refractivity contribution >= 4 is 27.7 Å². The molecule has 0 amide bonds. The quantitative estimate of drug-likeness (QED) is 0.762. The zero-order valence-electron chi connectivity index (χ0n) is 11.3. The molecule has 1 aromatic rings. The number of rotatable bonds is 5. The third-order valence-corrected chi connectivity index (χ3v) is 7.53. The SMILES string of the molecule is C=C(c1cccc([Si](C)(OC)OC)c1)[Si](C)C. The van der Waals surface area contributed by atoms with Gasteiger partial charge in [-0.3, -0.25) is 0 Å². The summed E-state index contributed by atoms with van der Waals surface area (Å²) in [6, 6.07) is 8.42. The molecule has 0 aromatic heterocycles. The molecule has 1 aromatic carbocycles. The van der Waals surface area contributed by atoms with Crippen LogP contribution in [0.3, 0.4) is 0 Å². The normalized spacial score (nSPS) is 11.9. The van der Waals surface area contributed by atoms with E-state index in [1.54, 1.807) is 14.2 Å². The zero-order chi connectivity index (χ0) is 13.1.